The van der Waals surface area contributed by atoms with Crippen LogP contribution < -0.4 is 4.74 Å². The summed E-state index contributed by atoms with van der Waals surface area (Å²) < 4.78 is 5.23. The van der Waals surface area contributed by atoms with Crippen LogP contribution >= 0.6 is 0 Å². The van der Waals surface area contributed by atoms with Gasteiger partial charge in [-0.2, -0.15) is 5.26 Å². The lowest BCUT2D eigenvalue weighted by Crippen LogP contribution is -2.11. The van der Waals surface area contributed by atoms with Crippen LogP contribution in [0.2, 0.25) is 0 Å². The molecule has 0 saturated carbocycles. The highest BCUT2D eigenvalue weighted by Crippen LogP contribution is 2.23. The molecule has 0 bridgehead atoms. The molecule has 1 aromatic carbocycles. The molecule has 0 unspecified atom stereocenters. The van der Waals surface area contributed by atoms with Crippen LogP contribution in [-0.2, 0) is 6.54 Å². The van der Waals surface area contributed by atoms with Gasteiger partial charge in [-0.05, 0) is 36.6 Å². The van der Waals surface area contributed by atoms with Gasteiger partial charge in [0.15, 0.2) is 6.19 Å². The Bertz CT molecular complexity index is 393. The molecule has 15 heavy (non-hydrogen) atoms. The molecule has 0 aliphatic carbocycles. The number of nitriles is 1. The Morgan fingerprint density at radius 2 is 2.00 bits per heavy atom. The van der Waals surface area contributed by atoms with Gasteiger partial charge in [0.05, 0.1) is 13.7 Å². The van der Waals surface area contributed by atoms with Crippen molar-refractivity contribution in [3.05, 3.63) is 28.8 Å². The van der Waals surface area contributed by atoms with E-state index in [1.807, 2.05) is 19.9 Å². The maximum Gasteiger partial charge on any atom is 0.179 e. The lowest BCUT2D eigenvalue weighted by atomic mass is 10.0. The van der Waals surface area contributed by atoms with Crippen molar-refractivity contribution < 1.29 is 4.74 Å². The van der Waals surface area contributed by atoms with Crippen LogP contribution in [0.5, 0.6) is 5.75 Å². The highest BCUT2D eigenvalue weighted by Gasteiger charge is 2.06. The molecule has 0 aliphatic heterocycles. The van der Waals surface area contributed by atoms with E-state index in [2.05, 4.69) is 12.3 Å². The molecule has 0 fully saturated rings. The lowest BCUT2D eigenvalue weighted by Gasteiger charge is -2.14. The Morgan fingerprint density at radius 1 is 1.33 bits per heavy atom. The normalized spacial score (nSPS) is 9.53. The minimum atomic E-state index is 0.646. The number of hydrogen-bond donors (Lipinski definition) is 0. The van der Waals surface area contributed by atoms with E-state index in [0.717, 1.165) is 22.4 Å². The zero-order chi connectivity index (χ0) is 11.4. The van der Waals surface area contributed by atoms with Crippen LogP contribution in [0.25, 0.3) is 0 Å². The fraction of sp³-hybridized carbons (Fsp3) is 0.417. The second kappa shape index (κ2) is 4.70. The summed E-state index contributed by atoms with van der Waals surface area (Å²) >= 11 is 0. The first-order valence-corrected chi connectivity index (χ1v) is 4.83. The topological polar surface area (TPSA) is 36.3 Å². The van der Waals surface area contributed by atoms with Crippen LogP contribution in [-0.4, -0.2) is 19.1 Å². The number of ether oxygens (including phenoxy) is 1. The number of aryl methyl sites for hydroxylation is 2. The third kappa shape index (κ3) is 2.63. The summed E-state index contributed by atoms with van der Waals surface area (Å²) in [6.45, 7) is 4.68. The molecule has 0 spiro atoms. The van der Waals surface area contributed by atoms with E-state index in [4.69, 9.17) is 10.00 Å². The van der Waals surface area contributed by atoms with Gasteiger partial charge >= 0.3 is 0 Å². The van der Waals surface area contributed by atoms with Crippen LogP contribution in [0.4, 0.5) is 0 Å². The van der Waals surface area contributed by atoms with Gasteiger partial charge in [0.1, 0.15) is 5.75 Å². The maximum absolute atomic E-state index is 8.71. The summed E-state index contributed by atoms with van der Waals surface area (Å²) in [5.41, 5.74) is 3.42. The molecule has 0 radical (unpaired) electrons. The van der Waals surface area contributed by atoms with Crippen molar-refractivity contribution in [2.45, 2.75) is 20.4 Å². The highest BCUT2D eigenvalue weighted by atomic mass is 16.5. The summed E-state index contributed by atoms with van der Waals surface area (Å²) in [6.07, 6.45) is 2.09. The summed E-state index contributed by atoms with van der Waals surface area (Å²) in [5.74, 6) is 0.899. The van der Waals surface area contributed by atoms with E-state index in [1.165, 1.54) is 0 Å². The first kappa shape index (κ1) is 11.4. The molecule has 0 N–H and O–H groups in total. The number of hydrogen-bond acceptors (Lipinski definition) is 3. The summed E-state index contributed by atoms with van der Waals surface area (Å²) in [4.78, 5) is 1.61. The molecule has 3 heteroatoms. The van der Waals surface area contributed by atoms with Gasteiger partial charge in [-0.1, -0.05) is 6.07 Å². The molecule has 0 aliphatic rings. The average molecular weight is 204 g/mol. The number of methoxy groups -OCH3 is 1. The maximum atomic E-state index is 8.71. The van der Waals surface area contributed by atoms with Crippen LogP contribution in [0, 0.1) is 25.3 Å². The van der Waals surface area contributed by atoms with Gasteiger partial charge in [-0.15, -0.1) is 0 Å². The fourth-order valence-electron chi connectivity index (χ4n) is 1.53. The zero-order valence-corrected chi connectivity index (χ0v) is 9.66. The van der Waals surface area contributed by atoms with Gasteiger partial charge in [0.2, 0.25) is 0 Å². The zero-order valence-electron chi connectivity index (χ0n) is 9.66. The summed E-state index contributed by atoms with van der Waals surface area (Å²) in [7, 11) is 3.45. The van der Waals surface area contributed by atoms with Crippen molar-refractivity contribution in [3.63, 3.8) is 0 Å². The fourth-order valence-corrected chi connectivity index (χ4v) is 1.53. The van der Waals surface area contributed by atoms with Gasteiger partial charge in [-0.25, -0.2) is 0 Å². The first-order chi connectivity index (χ1) is 7.08. The van der Waals surface area contributed by atoms with Gasteiger partial charge in [0.25, 0.3) is 0 Å². The SMILES string of the molecule is COc1cc(C)c(CN(C)C#N)cc1C. The molecule has 80 valence electrons. The van der Waals surface area contributed by atoms with E-state index in [0.29, 0.717) is 6.54 Å². The Labute approximate surface area is 90.9 Å². The van der Waals surface area contributed by atoms with Crippen molar-refractivity contribution >= 4 is 0 Å². The Kier molecular flexibility index (Phi) is 3.56. The second-order valence-electron chi connectivity index (χ2n) is 3.70. The predicted molar refractivity (Wildman–Crippen MR) is 59.5 cm³/mol. The average Bonchev–Trinajstić information content (AvgIpc) is 2.22. The van der Waals surface area contributed by atoms with E-state index in [9.17, 15) is 0 Å². The molecule has 0 atom stereocenters. The van der Waals surface area contributed by atoms with E-state index >= 15 is 0 Å². The monoisotopic (exact) mass is 204 g/mol. The molecule has 0 amide bonds. The van der Waals surface area contributed by atoms with Gasteiger partial charge < -0.3 is 9.64 Å². The number of benzene rings is 1. The molecular weight excluding hydrogens is 188 g/mol. The van der Waals surface area contributed by atoms with Crippen LogP contribution in [0.1, 0.15) is 16.7 Å². The quantitative estimate of drug-likeness (QED) is 0.559. The molecule has 0 saturated heterocycles. The standard InChI is InChI=1S/C12H16N2O/c1-9-6-12(15-4)10(2)5-11(9)7-14(3)8-13/h5-6H,7H2,1-4H3. The largest absolute Gasteiger partial charge is 0.496 e. The Morgan fingerprint density at radius 3 is 2.53 bits per heavy atom. The van der Waals surface area contributed by atoms with Crippen LogP contribution in [0.15, 0.2) is 12.1 Å². The van der Waals surface area contributed by atoms with Crippen molar-refractivity contribution in [2.24, 2.45) is 0 Å². The molecule has 3 nitrogen and oxygen atoms in total. The van der Waals surface area contributed by atoms with Gasteiger partial charge in [0, 0.05) is 7.05 Å². The molecule has 1 rings (SSSR count). The highest BCUT2D eigenvalue weighted by molar-refractivity contribution is 5.41. The lowest BCUT2D eigenvalue weighted by molar-refractivity contribution is 0.410. The summed E-state index contributed by atoms with van der Waals surface area (Å²) in [5, 5.41) is 8.71. The first-order valence-electron chi connectivity index (χ1n) is 4.83. The third-order valence-corrected chi connectivity index (χ3v) is 2.43. The van der Waals surface area contributed by atoms with Crippen molar-refractivity contribution in [1.29, 1.82) is 5.26 Å². The van der Waals surface area contributed by atoms with E-state index < -0.39 is 0 Å². The van der Waals surface area contributed by atoms with Gasteiger partial charge in [-0.3, -0.25) is 0 Å². The third-order valence-electron chi connectivity index (χ3n) is 2.43. The number of nitrogens with zero attached hydrogens (tertiary/aromatic N) is 2. The van der Waals surface area contributed by atoms with E-state index in [1.54, 1.807) is 19.1 Å². The van der Waals surface area contributed by atoms with E-state index in [-0.39, 0.29) is 0 Å². The van der Waals surface area contributed by atoms with Crippen molar-refractivity contribution in [1.82, 2.24) is 4.90 Å². The smallest absolute Gasteiger partial charge is 0.179 e. The Hall–Kier alpha value is -1.69. The number of rotatable bonds is 3. The predicted octanol–water partition coefficient (Wildman–Crippen LogP) is 2.22. The molecule has 0 aromatic heterocycles. The summed E-state index contributed by atoms with van der Waals surface area (Å²) in [6, 6.07) is 4.08. The molecular formula is C12H16N2O. The van der Waals surface area contributed by atoms with Crippen molar-refractivity contribution in [3.8, 4) is 11.9 Å². The Balaban J connectivity index is 3.01. The van der Waals surface area contributed by atoms with Crippen molar-refractivity contribution in [2.75, 3.05) is 14.2 Å². The minimum absolute atomic E-state index is 0.646. The van der Waals surface area contributed by atoms with Crippen LogP contribution in [0.3, 0.4) is 0 Å². The minimum Gasteiger partial charge on any atom is -0.496 e. The molecule has 1 aromatic rings. The second-order valence-corrected chi connectivity index (χ2v) is 3.70. The molecule has 0 heterocycles.